The largest absolute Gasteiger partial charge is 0.455 e. The summed E-state index contributed by atoms with van der Waals surface area (Å²) in [5.74, 6) is -5.42. The molecule has 0 saturated carbocycles. The number of halogens is 10. The van der Waals surface area contributed by atoms with Crippen LogP contribution < -0.4 is 5.73 Å². The van der Waals surface area contributed by atoms with Gasteiger partial charge in [-0.15, -0.1) is 12.4 Å². The van der Waals surface area contributed by atoms with Gasteiger partial charge in [-0.3, -0.25) is 0 Å². The maximum atomic E-state index is 13.0. The summed E-state index contributed by atoms with van der Waals surface area (Å²) in [4.78, 5) is 0. The molecular formula is C10H7Cl2F8N. The van der Waals surface area contributed by atoms with Crippen LogP contribution in [0.1, 0.15) is 17.2 Å². The molecule has 2 N–H and O–H groups in total. The van der Waals surface area contributed by atoms with Crippen molar-refractivity contribution >= 4 is 24.0 Å². The van der Waals surface area contributed by atoms with Gasteiger partial charge in [0.15, 0.2) is 0 Å². The van der Waals surface area contributed by atoms with Crippen molar-refractivity contribution in [1.29, 1.82) is 0 Å². The number of alkyl halides is 8. The van der Waals surface area contributed by atoms with Gasteiger partial charge in [0.25, 0.3) is 0 Å². The Morgan fingerprint density at radius 3 is 1.81 bits per heavy atom. The van der Waals surface area contributed by atoms with Gasteiger partial charge in [0.1, 0.15) is 6.04 Å². The summed E-state index contributed by atoms with van der Waals surface area (Å²) in [5, 5.41) is -1.28. The highest BCUT2D eigenvalue weighted by Crippen LogP contribution is 2.46. The molecule has 1 aromatic carbocycles. The summed E-state index contributed by atoms with van der Waals surface area (Å²) >= 11 is 5.24. The number of hydrogen-bond acceptors (Lipinski definition) is 1. The molecule has 0 unspecified atom stereocenters. The molecule has 11 heteroatoms. The van der Waals surface area contributed by atoms with Gasteiger partial charge in [-0.05, 0) is 11.6 Å². The van der Waals surface area contributed by atoms with Crippen molar-refractivity contribution < 1.29 is 35.1 Å². The molecule has 0 aliphatic heterocycles. The Balaban J connectivity index is 0.00000400. The molecule has 122 valence electrons. The predicted molar refractivity (Wildman–Crippen MR) is 61.6 cm³/mol. The lowest BCUT2D eigenvalue weighted by molar-refractivity contribution is -0.291. The van der Waals surface area contributed by atoms with E-state index in [1.165, 1.54) is 0 Å². The molecule has 0 spiro atoms. The monoisotopic (exact) mass is 363 g/mol. The molecule has 0 aliphatic carbocycles. The number of rotatable bonds is 2. The van der Waals surface area contributed by atoms with Crippen LogP contribution in [-0.2, 0) is 6.18 Å². The quantitative estimate of drug-likeness (QED) is 0.737. The van der Waals surface area contributed by atoms with Gasteiger partial charge in [0.2, 0.25) is 0 Å². The average molecular weight is 364 g/mol. The van der Waals surface area contributed by atoms with Crippen LogP contribution >= 0.6 is 24.0 Å². The Bertz CT molecular complexity index is 497. The van der Waals surface area contributed by atoms with Crippen LogP contribution in [0.15, 0.2) is 18.2 Å². The van der Waals surface area contributed by atoms with Gasteiger partial charge in [0.05, 0.1) is 10.6 Å². The molecule has 21 heavy (non-hydrogen) atoms. The lowest BCUT2D eigenvalue weighted by atomic mass is 9.98. The van der Waals surface area contributed by atoms with Crippen LogP contribution in [0.5, 0.6) is 0 Å². The van der Waals surface area contributed by atoms with E-state index in [-0.39, 0.29) is 12.4 Å². The molecule has 1 aromatic rings. The van der Waals surface area contributed by atoms with Gasteiger partial charge >= 0.3 is 18.3 Å². The van der Waals surface area contributed by atoms with Gasteiger partial charge in [-0.2, -0.15) is 35.1 Å². The van der Waals surface area contributed by atoms with Crippen molar-refractivity contribution in [2.75, 3.05) is 0 Å². The second-order valence-corrected chi connectivity index (χ2v) is 4.18. The van der Waals surface area contributed by atoms with Crippen molar-refractivity contribution in [1.82, 2.24) is 0 Å². The molecule has 0 aromatic heterocycles. The highest BCUT2D eigenvalue weighted by Gasteiger charge is 2.62. The topological polar surface area (TPSA) is 26.0 Å². The van der Waals surface area contributed by atoms with Crippen molar-refractivity contribution in [3.63, 3.8) is 0 Å². The molecule has 0 aliphatic rings. The predicted octanol–water partition coefficient (Wildman–Crippen LogP) is 4.98. The first-order chi connectivity index (χ1) is 8.80. The highest BCUT2D eigenvalue weighted by molar-refractivity contribution is 6.32. The van der Waals surface area contributed by atoms with Crippen LogP contribution in [0.25, 0.3) is 0 Å². The van der Waals surface area contributed by atoms with E-state index in [1.807, 2.05) is 0 Å². The van der Waals surface area contributed by atoms with Gasteiger partial charge in [0, 0.05) is 0 Å². The zero-order valence-corrected chi connectivity index (χ0v) is 11.3. The zero-order chi connectivity index (χ0) is 15.9. The van der Waals surface area contributed by atoms with E-state index < -0.39 is 40.5 Å². The summed E-state index contributed by atoms with van der Waals surface area (Å²) in [6.07, 6.45) is -11.0. The summed E-state index contributed by atoms with van der Waals surface area (Å²) in [5.41, 5.74) is 2.08. The smallest absolute Gasteiger partial charge is 0.319 e. The van der Waals surface area contributed by atoms with Crippen LogP contribution in [0.2, 0.25) is 5.02 Å². The number of hydrogen-bond donors (Lipinski definition) is 1. The van der Waals surface area contributed by atoms with Crippen LogP contribution in [0, 0.1) is 0 Å². The lowest BCUT2D eigenvalue weighted by Crippen LogP contribution is -2.46. The van der Waals surface area contributed by atoms with E-state index in [1.54, 1.807) is 0 Å². The molecule has 0 radical (unpaired) electrons. The number of nitrogens with two attached hydrogens (primary N) is 1. The Morgan fingerprint density at radius 1 is 0.952 bits per heavy atom. The van der Waals surface area contributed by atoms with E-state index in [9.17, 15) is 35.1 Å². The summed E-state index contributed by atoms with van der Waals surface area (Å²) in [6, 6.07) is -1.36. The highest BCUT2D eigenvalue weighted by atomic mass is 35.5. The Hall–Kier alpha value is -0.800. The third-order valence-electron chi connectivity index (χ3n) is 2.44. The third kappa shape index (κ3) is 3.89. The van der Waals surface area contributed by atoms with Crippen molar-refractivity contribution in [3.8, 4) is 0 Å². The maximum absolute atomic E-state index is 13.0. The minimum absolute atomic E-state index is 0. The Kier molecular flexibility index (Phi) is 5.90. The number of benzene rings is 1. The second-order valence-electron chi connectivity index (χ2n) is 3.80. The lowest BCUT2D eigenvalue weighted by Gasteiger charge is -2.27. The minimum Gasteiger partial charge on any atom is -0.319 e. The maximum Gasteiger partial charge on any atom is 0.455 e. The molecule has 1 nitrogen and oxygen atoms in total. The van der Waals surface area contributed by atoms with Gasteiger partial charge in [-0.25, -0.2) is 0 Å². The van der Waals surface area contributed by atoms with Crippen molar-refractivity contribution in [2.45, 2.75) is 24.3 Å². The van der Waals surface area contributed by atoms with Crippen molar-refractivity contribution in [3.05, 3.63) is 34.3 Å². The Labute approximate surface area is 124 Å². The first kappa shape index (κ1) is 20.2. The Morgan fingerprint density at radius 2 is 1.43 bits per heavy atom. The minimum atomic E-state index is -6.01. The first-order valence-corrected chi connectivity index (χ1v) is 5.23. The van der Waals surface area contributed by atoms with E-state index in [0.717, 1.165) is 0 Å². The van der Waals surface area contributed by atoms with Crippen LogP contribution in [0.4, 0.5) is 35.1 Å². The summed E-state index contributed by atoms with van der Waals surface area (Å²) < 4.78 is 99.9. The SMILES string of the molecule is Cl.N[C@@H](c1cccc(C(F)(F)F)c1Cl)C(F)(F)C(F)(F)F. The second kappa shape index (κ2) is 6.13. The first-order valence-electron chi connectivity index (χ1n) is 4.86. The fourth-order valence-electron chi connectivity index (χ4n) is 1.38. The molecule has 0 fully saturated rings. The molecule has 1 atom stereocenters. The van der Waals surface area contributed by atoms with E-state index >= 15 is 0 Å². The van der Waals surface area contributed by atoms with E-state index in [0.29, 0.717) is 18.2 Å². The summed E-state index contributed by atoms with van der Waals surface area (Å²) in [6.45, 7) is 0. The molecule has 0 bridgehead atoms. The molecule has 0 heterocycles. The fraction of sp³-hybridized carbons (Fsp3) is 0.400. The molecule has 1 rings (SSSR count). The standard InChI is InChI=1S/C10H6ClF8N.ClH/c11-6-4(2-1-3-5(6)9(14,15)16)7(20)8(12,13)10(17,18)19;/h1-3,7H,20H2;1H/t7-;/m0./s1. The van der Waals surface area contributed by atoms with Crippen molar-refractivity contribution in [2.24, 2.45) is 5.73 Å². The average Bonchev–Trinajstić information content (AvgIpc) is 2.25. The van der Waals surface area contributed by atoms with Gasteiger partial charge in [-0.1, -0.05) is 23.7 Å². The fourth-order valence-corrected chi connectivity index (χ4v) is 1.73. The molecular weight excluding hydrogens is 357 g/mol. The summed E-state index contributed by atoms with van der Waals surface area (Å²) in [7, 11) is 0. The van der Waals surface area contributed by atoms with E-state index in [4.69, 9.17) is 17.3 Å². The molecule has 0 saturated heterocycles. The third-order valence-corrected chi connectivity index (χ3v) is 2.86. The van der Waals surface area contributed by atoms with Crippen LogP contribution in [0.3, 0.4) is 0 Å². The zero-order valence-electron chi connectivity index (χ0n) is 9.70. The van der Waals surface area contributed by atoms with Crippen LogP contribution in [-0.4, -0.2) is 12.1 Å². The normalized spacial score (nSPS) is 14.6. The van der Waals surface area contributed by atoms with Gasteiger partial charge < -0.3 is 5.73 Å². The van der Waals surface area contributed by atoms with E-state index in [2.05, 4.69) is 0 Å². The molecule has 0 amide bonds.